The molecule has 1 fully saturated rings. The van der Waals surface area contributed by atoms with Crippen molar-refractivity contribution in [2.75, 3.05) is 50.2 Å². The maximum absolute atomic E-state index is 13.6. The highest BCUT2D eigenvalue weighted by Gasteiger charge is 2.30. The molecular weight excluding hydrogens is 486 g/mol. The monoisotopic (exact) mass is 519 g/mol. The number of benzene rings is 3. The number of ether oxygens (including phenoxy) is 1. The van der Waals surface area contributed by atoms with Crippen molar-refractivity contribution in [2.24, 2.45) is 0 Å². The van der Waals surface area contributed by atoms with Crippen LogP contribution in [0, 0.1) is 0 Å². The SMILES string of the molecule is CCOc1ccc(N(CC(=O)N2CCN(C/C=C/c3ccccc3)CC2)S(=O)(=O)c2ccccc2)cc1. The number of carbonyl (C=O) groups excluding carboxylic acids is 1. The summed E-state index contributed by atoms with van der Waals surface area (Å²) in [6, 6.07) is 25.1. The third-order valence-corrected chi connectivity index (χ3v) is 8.03. The second-order valence-electron chi connectivity index (χ2n) is 8.75. The molecule has 1 saturated heterocycles. The van der Waals surface area contributed by atoms with E-state index in [1.807, 2.05) is 25.1 Å². The molecule has 0 aromatic heterocycles. The average molecular weight is 520 g/mol. The summed E-state index contributed by atoms with van der Waals surface area (Å²) in [5.74, 6) is 0.430. The van der Waals surface area contributed by atoms with Gasteiger partial charge in [0, 0.05) is 32.7 Å². The molecule has 0 N–H and O–H groups in total. The summed E-state index contributed by atoms with van der Waals surface area (Å²) in [6.07, 6.45) is 4.23. The highest BCUT2D eigenvalue weighted by molar-refractivity contribution is 7.92. The molecule has 0 unspecified atom stereocenters. The fourth-order valence-electron chi connectivity index (χ4n) is 4.21. The molecule has 4 rings (SSSR count). The molecule has 0 saturated carbocycles. The van der Waals surface area contributed by atoms with E-state index in [-0.39, 0.29) is 17.3 Å². The van der Waals surface area contributed by atoms with Crippen LogP contribution in [0.2, 0.25) is 0 Å². The van der Waals surface area contributed by atoms with E-state index in [4.69, 9.17) is 4.74 Å². The zero-order valence-corrected chi connectivity index (χ0v) is 21.9. The number of carbonyl (C=O) groups is 1. The molecule has 1 heterocycles. The zero-order chi connectivity index (χ0) is 26.1. The molecule has 3 aromatic carbocycles. The Balaban J connectivity index is 1.42. The number of amides is 1. The number of rotatable bonds is 10. The molecule has 0 aliphatic carbocycles. The smallest absolute Gasteiger partial charge is 0.264 e. The Kier molecular flexibility index (Phi) is 8.98. The number of nitrogens with zero attached hydrogens (tertiary/aromatic N) is 3. The van der Waals surface area contributed by atoms with Crippen LogP contribution < -0.4 is 9.04 Å². The van der Waals surface area contributed by atoms with Gasteiger partial charge in [0.25, 0.3) is 10.0 Å². The minimum Gasteiger partial charge on any atom is -0.494 e. The summed E-state index contributed by atoms with van der Waals surface area (Å²) in [7, 11) is -3.94. The average Bonchev–Trinajstić information content (AvgIpc) is 2.94. The van der Waals surface area contributed by atoms with Crippen molar-refractivity contribution in [3.63, 3.8) is 0 Å². The molecule has 1 amide bonds. The van der Waals surface area contributed by atoms with E-state index in [2.05, 4.69) is 29.2 Å². The van der Waals surface area contributed by atoms with Gasteiger partial charge in [0.15, 0.2) is 0 Å². The number of hydrogen-bond acceptors (Lipinski definition) is 5. The fraction of sp³-hybridized carbons (Fsp3) is 0.276. The summed E-state index contributed by atoms with van der Waals surface area (Å²) in [6.45, 7) is 5.52. The molecule has 3 aromatic rings. The summed E-state index contributed by atoms with van der Waals surface area (Å²) in [4.78, 5) is 17.5. The quantitative estimate of drug-likeness (QED) is 0.403. The molecule has 7 nitrogen and oxygen atoms in total. The van der Waals surface area contributed by atoms with Crippen molar-refractivity contribution < 1.29 is 17.9 Å². The highest BCUT2D eigenvalue weighted by atomic mass is 32.2. The van der Waals surface area contributed by atoms with Crippen LogP contribution in [0.1, 0.15) is 12.5 Å². The van der Waals surface area contributed by atoms with E-state index in [0.717, 1.165) is 25.2 Å². The van der Waals surface area contributed by atoms with Crippen molar-refractivity contribution in [3.8, 4) is 5.75 Å². The first-order chi connectivity index (χ1) is 18.0. The van der Waals surface area contributed by atoms with Crippen LogP contribution in [0.15, 0.2) is 95.9 Å². The predicted octanol–water partition coefficient (Wildman–Crippen LogP) is 4.14. The lowest BCUT2D eigenvalue weighted by Crippen LogP contribution is -2.51. The van der Waals surface area contributed by atoms with Crippen LogP contribution >= 0.6 is 0 Å². The van der Waals surface area contributed by atoms with E-state index >= 15 is 0 Å². The summed E-state index contributed by atoms with van der Waals surface area (Å²) < 4.78 is 33.8. The summed E-state index contributed by atoms with van der Waals surface area (Å²) in [5.41, 5.74) is 1.58. The van der Waals surface area contributed by atoms with Crippen molar-refractivity contribution in [1.29, 1.82) is 0 Å². The lowest BCUT2D eigenvalue weighted by atomic mass is 10.2. The Hall–Kier alpha value is -3.62. The minimum absolute atomic E-state index is 0.145. The number of sulfonamides is 1. The fourth-order valence-corrected chi connectivity index (χ4v) is 5.65. The second kappa shape index (κ2) is 12.6. The Morgan fingerprint density at radius 2 is 1.51 bits per heavy atom. The number of anilines is 1. The Morgan fingerprint density at radius 3 is 2.14 bits per heavy atom. The van der Waals surface area contributed by atoms with Gasteiger partial charge in [-0.1, -0.05) is 60.7 Å². The van der Waals surface area contributed by atoms with E-state index in [1.165, 1.54) is 4.31 Å². The van der Waals surface area contributed by atoms with Gasteiger partial charge in [-0.05, 0) is 48.9 Å². The molecular formula is C29H33N3O4S. The number of hydrogen-bond donors (Lipinski definition) is 0. The largest absolute Gasteiger partial charge is 0.494 e. The Bertz CT molecular complexity index is 1270. The van der Waals surface area contributed by atoms with Crippen LogP contribution in [-0.2, 0) is 14.8 Å². The molecule has 37 heavy (non-hydrogen) atoms. The normalized spacial score (nSPS) is 14.6. The van der Waals surface area contributed by atoms with Gasteiger partial charge >= 0.3 is 0 Å². The van der Waals surface area contributed by atoms with Crippen LogP contribution in [0.25, 0.3) is 6.08 Å². The predicted molar refractivity (Wildman–Crippen MR) is 147 cm³/mol. The first-order valence-electron chi connectivity index (χ1n) is 12.5. The third-order valence-electron chi connectivity index (χ3n) is 6.24. The van der Waals surface area contributed by atoms with Crippen molar-refractivity contribution in [2.45, 2.75) is 11.8 Å². The maximum Gasteiger partial charge on any atom is 0.264 e. The summed E-state index contributed by atoms with van der Waals surface area (Å²) in [5, 5.41) is 0. The van der Waals surface area contributed by atoms with Gasteiger partial charge in [0.1, 0.15) is 12.3 Å². The Labute approximate surface area is 219 Å². The Morgan fingerprint density at radius 1 is 0.892 bits per heavy atom. The molecule has 194 valence electrons. The first kappa shape index (κ1) is 26.4. The standard InChI is InChI=1S/C29H33N3O4S/c1-2-36-27-17-15-26(16-18-27)32(37(34,35)28-13-7-4-8-14-28)24-29(33)31-22-20-30(21-23-31)19-9-12-25-10-5-3-6-11-25/h3-18H,2,19-24H2,1H3/b12-9+. The molecule has 0 bridgehead atoms. The second-order valence-corrected chi connectivity index (χ2v) is 10.6. The van der Waals surface area contributed by atoms with Crippen molar-refractivity contribution in [3.05, 3.63) is 96.6 Å². The van der Waals surface area contributed by atoms with Crippen molar-refractivity contribution in [1.82, 2.24) is 9.80 Å². The molecule has 0 radical (unpaired) electrons. The molecule has 1 aliphatic rings. The van der Waals surface area contributed by atoms with E-state index in [9.17, 15) is 13.2 Å². The highest BCUT2D eigenvalue weighted by Crippen LogP contribution is 2.26. The topological polar surface area (TPSA) is 70.2 Å². The van der Waals surface area contributed by atoms with Gasteiger partial charge < -0.3 is 9.64 Å². The lowest BCUT2D eigenvalue weighted by Gasteiger charge is -2.35. The first-order valence-corrected chi connectivity index (χ1v) is 13.9. The minimum atomic E-state index is -3.94. The molecule has 0 atom stereocenters. The van der Waals surface area contributed by atoms with Crippen LogP contribution in [0.4, 0.5) is 5.69 Å². The van der Waals surface area contributed by atoms with Gasteiger partial charge in [0.05, 0.1) is 17.2 Å². The van der Waals surface area contributed by atoms with Gasteiger partial charge in [-0.3, -0.25) is 14.0 Å². The third kappa shape index (κ3) is 6.99. The molecule has 1 aliphatic heterocycles. The summed E-state index contributed by atoms with van der Waals surface area (Å²) >= 11 is 0. The van der Waals surface area contributed by atoms with E-state index < -0.39 is 10.0 Å². The van der Waals surface area contributed by atoms with Gasteiger partial charge in [-0.25, -0.2) is 8.42 Å². The van der Waals surface area contributed by atoms with Gasteiger partial charge in [-0.2, -0.15) is 0 Å². The molecule has 8 heteroatoms. The number of piperazine rings is 1. The van der Waals surface area contributed by atoms with Crippen LogP contribution in [0.5, 0.6) is 5.75 Å². The molecule has 0 spiro atoms. The van der Waals surface area contributed by atoms with Crippen LogP contribution in [0.3, 0.4) is 0 Å². The maximum atomic E-state index is 13.6. The van der Waals surface area contributed by atoms with E-state index in [1.54, 1.807) is 59.5 Å². The lowest BCUT2D eigenvalue weighted by molar-refractivity contribution is -0.131. The van der Waals surface area contributed by atoms with Crippen molar-refractivity contribution >= 4 is 27.7 Å². The van der Waals surface area contributed by atoms with Gasteiger partial charge in [0.2, 0.25) is 5.91 Å². The van der Waals surface area contributed by atoms with Crippen LogP contribution in [-0.4, -0.2) is 70.0 Å². The van der Waals surface area contributed by atoms with E-state index in [0.29, 0.717) is 31.1 Å². The zero-order valence-electron chi connectivity index (χ0n) is 21.1. The van der Waals surface area contributed by atoms with Gasteiger partial charge in [-0.15, -0.1) is 0 Å².